The summed E-state index contributed by atoms with van der Waals surface area (Å²) in [5.41, 5.74) is 1.35. The van der Waals surface area contributed by atoms with Crippen molar-refractivity contribution in [3.63, 3.8) is 0 Å². The van der Waals surface area contributed by atoms with Gasteiger partial charge in [0.05, 0.1) is 12.0 Å². The van der Waals surface area contributed by atoms with Crippen LogP contribution in [-0.4, -0.2) is 42.2 Å². The minimum Gasteiger partial charge on any atom is -0.496 e. The number of nitrogens with zero attached hydrogens (tertiary/aromatic N) is 1. The van der Waals surface area contributed by atoms with E-state index in [1.807, 2.05) is 24.3 Å². The smallest absolute Gasteiger partial charge is 0.260 e. The molecule has 2 aromatic carbocycles. The number of thioether (sulfide) groups is 1. The van der Waals surface area contributed by atoms with E-state index in [0.29, 0.717) is 23.4 Å². The SMILES string of the molecule is COc1ccccc1CNC(=O)C1CCC2S/C(=C\c3ccccc3F)C(=O)N(C)C2C1. The predicted molar refractivity (Wildman–Crippen MR) is 124 cm³/mol. The second kappa shape index (κ2) is 9.77. The van der Waals surface area contributed by atoms with Gasteiger partial charge in [0.25, 0.3) is 5.91 Å². The summed E-state index contributed by atoms with van der Waals surface area (Å²) in [6.45, 7) is 0.409. The quantitative estimate of drug-likeness (QED) is 0.687. The summed E-state index contributed by atoms with van der Waals surface area (Å²) in [5, 5.41) is 3.23. The minimum absolute atomic E-state index is 0.00732. The zero-order valence-electron chi connectivity index (χ0n) is 18.2. The number of para-hydroxylation sites is 1. The zero-order chi connectivity index (χ0) is 22.7. The van der Waals surface area contributed by atoms with Crippen molar-refractivity contribution in [1.29, 1.82) is 0 Å². The van der Waals surface area contributed by atoms with E-state index in [1.54, 1.807) is 43.3 Å². The summed E-state index contributed by atoms with van der Waals surface area (Å²) in [6, 6.07) is 14.1. The molecule has 168 valence electrons. The Morgan fingerprint density at radius 1 is 1.22 bits per heavy atom. The maximum absolute atomic E-state index is 14.1. The maximum Gasteiger partial charge on any atom is 0.260 e. The van der Waals surface area contributed by atoms with Crippen LogP contribution < -0.4 is 10.1 Å². The minimum atomic E-state index is -0.339. The molecule has 32 heavy (non-hydrogen) atoms. The number of hydrogen-bond donors (Lipinski definition) is 1. The number of halogens is 1. The van der Waals surface area contributed by atoms with Crippen LogP contribution in [0.5, 0.6) is 5.75 Å². The summed E-state index contributed by atoms with van der Waals surface area (Å²) >= 11 is 1.51. The summed E-state index contributed by atoms with van der Waals surface area (Å²) in [7, 11) is 3.40. The van der Waals surface area contributed by atoms with Crippen LogP contribution in [0.4, 0.5) is 4.39 Å². The van der Waals surface area contributed by atoms with Crippen LogP contribution in [0.1, 0.15) is 30.4 Å². The van der Waals surface area contributed by atoms with Crippen LogP contribution >= 0.6 is 11.8 Å². The Bertz CT molecular complexity index is 1040. The van der Waals surface area contributed by atoms with Crippen LogP contribution in [0.2, 0.25) is 0 Å². The summed E-state index contributed by atoms with van der Waals surface area (Å²) in [4.78, 5) is 28.1. The van der Waals surface area contributed by atoms with Gasteiger partial charge in [0.15, 0.2) is 0 Å². The van der Waals surface area contributed by atoms with Crippen LogP contribution in [-0.2, 0) is 16.1 Å². The molecule has 1 saturated heterocycles. The van der Waals surface area contributed by atoms with E-state index in [4.69, 9.17) is 4.74 Å². The summed E-state index contributed by atoms with van der Waals surface area (Å²) in [5.74, 6) is 0.162. The lowest BCUT2D eigenvalue weighted by Crippen LogP contribution is -2.52. The molecule has 2 aliphatic rings. The molecule has 7 heteroatoms. The van der Waals surface area contributed by atoms with Gasteiger partial charge >= 0.3 is 0 Å². The van der Waals surface area contributed by atoms with Gasteiger partial charge in [0.1, 0.15) is 11.6 Å². The third kappa shape index (κ3) is 4.67. The molecule has 2 amide bonds. The number of amides is 2. The second-order valence-corrected chi connectivity index (χ2v) is 9.49. The number of methoxy groups -OCH3 is 1. The van der Waals surface area contributed by atoms with E-state index in [-0.39, 0.29) is 34.8 Å². The average molecular weight is 455 g/mol. The highest BCUT2D eigenvalue weighted by molar-refractivity contribution is 8.04. The molecule has 0 bridgehead atoms. The number of fused-ring (bicyclic) bond motifs is 1. The fourth-order valence-corrected chi connectivity index (χ4v) is 5.92. The highest BCUT2D eigenvalue weighted by atomic mass is 32.2. The third-order valence-electron chi connectivity index (χ3n) is 6.27. The van der Waals surface area contributed by atoms with Crippen LogP contribution in [0.15, 0.2) is 53.4 Å². The van der Waals surface area contributed by atoms with Crippen LogP contribution in [0, 0.1) is 11.7 Å². The number of nitrogens with one attached hydrogen (secondary N) is 1. The van der Waals surface area contributed by atoms with E-state index in [9.17, 15) is 14.0 Å². The molecule has 3 unspecified atom stereocenters. The topological polar surface area (TPSA) is 58.6 Å². The Labute approximate surface area is 192 Å². The van der Waals surface area contributed by atoms with Crippen LogP contribution in [0.3, 0.4) is 0 Å². The standard InChI is InChI=1S/C25H27FN2O3S/c1-28-20-13-17(24(29)27-15-18-8-4-6-10-21(18)31-2)11-12-22(20)32-23(25(28)30)14-16-7-3-5-9-19(16)26/h3-10,14,17,20,22H,11-13,15H2,1-2H3,(H,27,29)/b23-14-. The molecule has 0 spiro atoms. The number of likely N-dealkylation sites (N-methyl/N-ethyl adjacent to an activating group) is 1. The van der Waals surface area contributed by atoms with Gasteiger partial charge in [-0.25, -0.2) is 4.39 Å². The summed E-state index contributed by atoms with van der Waals surface area (Å²) in [6.07, 6.45) is 3.86. The number of benzene rings is 2. The normalized spacial score (nSPS) is 24.2. The highest BCUT2D eigenvalue weighted by Gasteiger charge is 2.42. The molecule has 4 rings (SSSR count). The monoisotopic (exact) mass is 454 g/mol. The summed E-state index contributed by atoms with van der Waals surface area (Å²) < 4.78 is 19.4. The maximum atomic E-state index is 14.1. The molecule has 1 saturated carbocycles. The lowest BCUT2D eigenvalue weighted by molar-refractivity contribution is -0.132. The van der Waals surface area contributed by atoms with Gasteiger partial charge < -0.3 is 15.0 Å². The second-order valence-electron chi connectivity index (χ2n) is 8.21. The third-order valence-corrected chi connectivity index (χ3v) is 7.67. The van der Waals surface area contributed by atoms with Gasteiger partial charge in [-0.05, 0) is 37.5 Å². The zero-order valence-corrected chi connectivity index (χ0v) is 19.0. The van der Waals surface area contributed by atoms with E-state index in [0.717, 1.165) is 24.2 Å². The number of ether oxygens (including phenoxy) is 1. The van der Waals surface area contributed by atoms with Gasteiger partial charge in [-0.1, -0.05) is 36.4 Å². The Morgan fingerprint density at radius 3 is 2.75 bits per heavy atom. The Kier molecular flexibility index (Phi) is 6.84. The van der Waals surface area contributed by atoms with Crippen molar-refractivity contribution < 1.29 is 18.7 Å². The molecule has 1 N–H and O–H groups in total. The molecule has 1 heterocycles. The number of carbonyl (C=O) groups excluding carboxylic acids is 2. The fraction of sp³-hybridized carbons (Fsp3) is 0.360. The molecular weight excluding hydrogens is 427 g/mol. The van der Waals surface area contributed by atoms with Crippen molar-refractivity contribution in [2.45, 2.75) is 37.1 Å². The van der Waals surface area contributed by atoms with Crippen molar-refractivity contribution in [3.8, 4) is 5.75 Å². The molecule has 1 aliphatic carbocycles. The first kappa shape index (κ1) is 22.4. The predicted octanol–water partition coefficient (Wildman–Crippen LogP) is 4.23. The van der Waals surface area contributed by atoms with Crippen molar-refractivity contribution in [2.24, 2.45) is 5.92 Å². The first-order chi connectivity index (χ1) is 15.5. The van der Waals surface area contributed by atoms with Crippen LogP contribution in [0.25, 0.3) is 6.08 Å². The molecule has 2 aromatic rings. The fourth-order valence-electron chi connectivity index (χ4n) is 4.44. The van der Waals surface area contributed by atoms with Crippen molar-refractivity contribution in [2.75, 3.05) is 14.2 Å². The number of rotatable bonds is 5. The van der Waals surface area contributed by atoms with E-state index >= 15 is 0 Å². The molecule has 2 fully saturated rings. The first-order valence-corrected chi connectivity index (χ1v) is 11.7. The van der Waals surface area contributed by atoms with Gasteiger partial charge in [-0.15, -0.1) is 11.8 Å². The van der Waals surface area contributed by atoms with E-state index in [2.05, 4.69) is 5.32 Å². The molecule has 0 radical (unpaired) electrons. The van der Waals surface area contributed by atoms with Gasteiger partial charge in [-0.2, -0.15) is 0 Å². The van der Waals surface area contributed by atoms with Crippen molar-refractivity contribution in [3.05, 3.63) is 70.4 Å². The van der Waals surface area contributed by atoms with Gasteiger partial charge in [-0.3, -0.25) is 9.59 Å². The lowest BCUT2D eigenvalue weighted by atomic mass is 9.83. The Hall–Kier alpha value is -2.80. The Morgan fingerprint density at radius 2 is 1.97 bits per heavy atom. The molecule has 0 aromatic heterocycles. The largest absolute Gasteiger partial charge is 0.496 e. The average Bonchev–Trinajstić information content (AvgIpc) is 2.82. The number of hydrogen-bond acceptors (Lipinski definition) is 4. The molecule has 1 aliphatic heterocycles. The van der Waals surface area contributed by atoms with Crippen molar-refractivity contribution >= 4 is 29.7 Å². The highest BCUT2D eigenvalue weighted by Crippen LogP contribution is 2.43. The van der Waals surface area contributed by atoms with E-state index < -0.39 is 0 Å². The van der Waals surface area contributed by atoms with Gasteiger partial charge in [0.2, 0.25) is 5.91 Å². The Balaban J connectivity index is 1.41. The van der Waals surface area contributed by atoms with E-state index in [1.165, 1.54) is 17.8 Å². The number of carbonyl (C=O) groups is 2. The molecular formula is C25H27FN2O3S. The molecule has 5 nitrogen and oxygen atoms in total. The van der Waals surface area contributed by atoms with Gasteiger partial charge in [0, 0.05) is 41.9 Å². The molecule has 3 atom stereocenters. The first-order valence-electron chi connectivity index (χ1n) is 10.8. The lowest BCUT2D eigenvalue weighted by Gasteiger charge is -2.44. The van der Waals surface area contributed by atoms with Crippen molar-refractivity contribution in [1.82, 2.24) is 10.2 Å².